The highest BCUT2D eigenvalue weighted by Crippen LogP contribution is 2.27. The number of nitrogens with two attached hydrogens (primary N) is 1. The van der Waals surface area contributed by atoms with Crippen molar-refractivity contribution >= 4 is 11.6 Å². The molecule has 1 amide bonds. The molecule has 1 fully saturated rings. The fraction of sp³-hybridized carbons (Fsp3) is 0.438. The Morgan fingerprint density at radius 3 is 2.85 bits per heavy atom. The lowest BCUT2D eigenvalue weighted by atomic mass is 10.0. The van der Waals surface area contributed by atoms with E-state index in [1.807, 2.05) is 0 Å². The molecule has 0 radical (unpaired) electrons. The third-order valence-electron chi connectivity index (χ3n) is 3.52. The summed E-state index contributed by atoms with van der Waals surface area (Å²) >= 11 is 0. The van der Waals surface area contributed by atoms with Gasteiger partial charge in [0.1, 0.15) is 5.82 Å². The van der Waals surface area contributed by atoms with Crippen LogP contribution in [0.15, 0.2) is 18.2 Å². The molecule has 3 nitrogen and oxygen atoms in total. The molecule has 20 heavy (non-hydrogen) atoms. The zero-order valence-corrected chi connectivity index (χ0v) is 11.4. The zero-order valence-electron chi connectivity index (χ0n) is 11.4. The third kappa shape index (κ3) is 4.07. The van der Waals surface area contributed by atoms with Gasteiger partial charge in [-0.25, -0.2) is 4.39 Å². The molecule has 3 N–H and O–H groups in total. The van der Waals surface area contributed by atoms with E-state index in [4.69, 9.17) is 5.73 Å². The standard InChI is InChI=1S/C16H19FN2O/c17-15-8-7-14(11-13(15)6-3-9-18)19-16(20)10-12-4-1-2-5-12/h7-8,11-12H,1-2,4-5,9-10,18H2,(H,19,20). The van der Waals surface area contributed by atoms with Gasteiger partial charge in [0.05, 0.1) is 12.1 Å². The molecule has 1 aliphatic carbocycles. The number of hydrogen-bond acceptors (Lipinski definition) is 2. The van der Waals surface area contributed by atoms with Gasteiger partial charge in [0, 0.05) is 12.1 Å². The molecular weight excluding hydrogens is 255 g/mol. The maximum Gasteiger partial charge on any atom is 0.224 e. The Hall–Kier alpha value is -1.86. The SMILES string of the molecule is NCC#Cc1cc(NC(=O)CC2CCCC2)ccc1F. The molecule has 106 valence electrons. The van der Waals surface area contributed by atoms with E-state index in [9.17, 15) is 9.18 Å². The molecule has 1 aliphatic rings. The molecule has 4 heteroatoms. The van der Waals surface area contributed by atoms with Gasteiger partial charge < -0.3 is 11.1 Å². The Morgan fingerprint density at radius 1 is 1.40 bits per heavy atom. The highest BCUT2D eigenvalue weighted by atomic mass is 19.1. The number of hydrogen-bond donors (Lipinski definition) is 2. The van der Waals surface area contributed by atoms with Crippen molar-refractivity contribution < 1.29 is 9.18 Å². The normalized spacial score (nSPS) is 14.7. The molecule has 1 aromatic rings. The summed E-state index contributed by atoms with van der Waals surface area (Å²) in [6.45, 7) is 0.178. The molecule has 0 spiro atoms. The number of carbonyl (C=O) groups is 1. The average molecular weight is 274 g/mol. The minimum Gasteiger partial charge on any atom is -0.326 e. The van der Waals surface area contributed by atoms with Crippen LogP contribution in [-0.2, 0) is 4.79 Å². The number of halogens is 1. The second-order valence-corrected chi connectivity index (χ2v) is 5.10. The number of amides is 1. The van der Waals surface area contributed by atoms with Crippen molar-refractivity contribution in [1.29, 1.82) is 0 Å². The third-order valence-corrected chi connectivity index (χ3v) is 3.52. The molecular formula is C16H19FN2O. The van der Waals surface area contributed by atoms with Crippen LogP contribution in [0.4, 0.5) is 10.1 Å². The summed E-state index contributed by atoms with van der Waals surface area (Å²) in [7, 11) is 0. The van der Waals surface area contributed by atoms with Crippen LogP contribution >= 0.6 is 0 Å². The van der Waals surface area contributed by atoms with Crippen molar-refractivity contribution in [1.82, 2.24) is 0 Å². The van der Waals surface area contributed by atoms with Crippen molar-refractivity contribution in [3.05, 3.63) is 29.6 Å². The Balaban J connectivity index is 1.99. The van der Waals surface area contributed by atoms with Gasteiger partial charge in [-0.1, -0.05) is 24.7 Å². The summed E-state index contributed by atoms with van der Waals surface area (Å²) in [6.07, 6.45) is 5.23. The molecule has 0 atom stereocenters. The predicted molar refractivity (Wildman–Crippen MR) is 77.5 cm³/mol. The highest BCUT2D eigenvalue weighted by molar-refractivity contribution is 5.91. The van der Waals surface area contributed by atoms with Gasteiger partial charge in [-0.05, 0) is 37.0 Å². The molecule has 0 aromatic heterocycles. The first-order chi connectivity index (χ1) is 9.69. The minimum atomic E-state index is -0.403. The summed E-state index contributed by atoms with van der Waals surface area (Å²) in [6, 6.07) is 4.41. The molecule has 0 saturated heterocycles. The largest absolute Gasteiger partial charge is 0.326 e. The second-order valence-electron chi connectivity index (χ2n) is 5.10. The summed E-state index contributed by atoms with van der Waals surface area (Å²) in [5.41, 5.74) is 6.11. The smallest absolute Gasteiger partial charge is 0.224 e. The first kappa shape index (κ1) is 14.5. The van der Waals surface area contributed by atoms with Gasteiger partial charge in [0.15, 0.2) is 0 Å². The van der Waals surface area contributed by atoms with E-state index >= 15 is 0 Å². The molecule has 1 aromatic carbocycles. The molecule has 2 rings (SSSR count). The van der Waals surface area contributed by atoms with Crippen LogP contribution in [-0.4, -0.2) is 12.5 Å². The maximum absolute atomic E-state index is 13.5. The van der Waals surface area contributed by atoms with Gasteiger partial charge in [-0.3, -0.25) is 4.79 Å². The lowest BCUT2D eigenvalue weighted by Crippen LogP contribution is -2.15. The van der Waals surface area contributed by atoms with E-state index in [2.05, 4.69) is 17.2 Å². The lowest BCUT2D eigenvalue weighted by Gasteiger charge is -2.10. The van der Waals surface area contributed by atoms with Crippen LogP contribution in [0.2, 0.25) is 0 Å². The number of anilines is 1. The monoisotopic (exact) mass is 274 g/mol. The number of carbonyl (C=O) groups excluding carboxylic acids is 1. The summed E-state index contributed by atoms with van der Waals surface area (Å²) in [5, 5.41) is 2.81. The summed E-state index contributed by atoms with van der Waals surface area (Å²) in [5.74, 6) is 5.34. The second kappa shape index (κ2) is 7.06. The molecule has 1 saturated carbocycles. The Morgan fingerprint density at radius 2 is 2.15 bits per heavy atom. The van der Waals surface area contributed by atoms with Gasteiger partial charge in [0.25, 0.3) is 0 Å². The van der Waals surface area contributed by atoms with Gasteiger partial charge in [0.2, 0.25) is 5.91 Å². The van der Waals surface area contributed by atoms with E-state index in [0.717, 1.165) is 12.8 Å². The Bertz CT molecular complexity index is 539. The van der Waals surface area contributed by atoms with Crippen molar-refractivity contribution in [2.45, 2.75) is 32.1 Å². The van der Waals surface area contributed by atoms with Crippen LogP contribution in [0.5, 0.6) is 0 Å². The van der Waals surface area contributed by atoms with Gasteiger partial charge in [-0.15, -0.1) is 0 Å². The topological polar surface area (TPSA) is 55.1 Å². The van der Waals surface area contributed by atoms with Crippen LogP contribution in [0, 0.1) is 23.6 Å². The van der Waals surface area contributed by atoms with Crippen molar-refractivity contribution in [3.8, 4) is 11.8 Å². The van der Waals surface area contributed by atoms with Crippen molar-refractivity contribution in [3.63, 3.8) is 0 Å². The van der Waals surface area contributed by atoms with E-state index in [1.165, 1.54) is 18.9 Å². The van der Waals surface area contributed by atoms with Crippen LogP contribution in [0.3, 0.4) is 0 Å². The Labute approximate surface area is 118 Å². The van der Waals surface area contributed by atoms with Crippen molar-refractivity contribution in [2.24, 2.45) is 11.7 Å². The number of nitrogens with one attached hydrogen (secondary N) is 1. The lowest BCUT2D eigenvalue weighted by molar-refractivity contribution is -0.117. The predicted octanol–water partition coefficient (Wildman–Crippen LogP) is 2.65. The van der Waals surface area contributed by atoms with Crippen LogP contribution in [0.25, 0.3) is 0 Å². The summed E-state index contributed by atoms with van der Waals surface area (Å²) in [4.78, 5) is 11.9. The van der Waals surface area contributed by atoms with Crippen LogP contribution in [0.1, 0.15) is 37.7 Å². The van der Waals surface area contributed by atoms with E-state index in [1.54, 1.807) is 12.1 Å². The van der Waals surface area contributed by atoms with E-state index in [-0.39, 0.29) is 18.0 Å². The number of benzene rings is 1. The number of rotatable bonds is 3. The van der Waals surface area contributed by atoms with Crippen LogP contribution < -0.4 is 11.1 Å². The minimum absolute atomic E-state index is 0.0127. The fourth-order valence-corrected chi connectivity index (χ4v) is 2.53. The fourth-order valence-electron chi connectivity index (χ4n) is 2.53. The van der Waals surface area contributed by atoms with E-state index < -0.39 is 5.82 Å². The highest BCUT2D eigenvalue weighted by Gasteiger charge is 2.18. The van der Waals surface area contributed by atoms with E-state index in [0.29, 0.717) is 18.0 Å². The molecule has 0 unspecified atom stereocenters. The first-order valence-corrected chi connectivity index (χ1v) is 6.97. The van der Waals surface area contributed by atoms with Gasteiger partial charge in [-0.2, -0.15) is 0 Å². The summed E-state index contributed by atoms with van der Waals surface area (Å²) < 4.78 is 13.5. The average Bonchev–Trinajstić information content (AvgIpc) is 2.92. The maximum atomic E-state index is 13.5. The molecule has 0 aliphatic heterocycles. The quantitative estimate of drug-likeness (QED) is 0.833. The zero-order chi connectivity index (χ0) is 14.4. The molecule has 0 bridgehead atoms. The van der Waals surface area contributed by atoms with Crippen molar-refractivity contribution in [2.75, 3.05) is 11.9 Å². The van der Waals surface area contributed by atoms with Gasteiger partial charge >= 0.3 is 0 Å². The Kier molecular flexibility index (Phi) is 5.14. The first-order valence-electron chi connectivity index (χ1n) is 6.97. The molecule has 0 heterocycles.